The first-order chi connectivity index (χ1) is 9.06. The van der Waals surface area contributed by atoms with Crippen LogP contribution in [0.15, 0.2) is 48.5 Å². The molecular weight excluding hydrogens is 256 g/mol. The van der Waals surface area contributed by atoms with Crippen LogP contribution < -0.4 is 0 Å². The van der Waals surface area contributed by atoms with Crippen molar-refractivity contribution in [2.45, 2.75) is 20.3 Å². The van der Waals surface area contributed by atoms with Crippen molar-refractivity contribution in [3.05, 3.63) is 70.2 Å². The van der Waals surface area contributed by atoms with E-state index in [1.807, 2.05) is 24.3 Å². The lowest BCUT2D eigenvalue weighted by Gasteiger charge is -2.06. The van der Waals surface area contributed by atoms with Crippen molar-refractivity contribution in [3.8, 4) is 0 Å². The first-order valence-corrected chi connectivity index (χ1v) is 6.83. The molecule has 2 aromatic rings. The summed E-state index contributed by atoms with van der Waals surface area (Å²) in [5.74, 6) is 0.658. The molecule has 0 bridgehead atoms. The predicted molar refractivity (Wildman–Crippen MR) is 79.9 cm³/mol. The van der Waals surface area contributed by atoms with Crippen molar-refractivity contribution < 1.29 is 4.79 Å². The Kier molecular flexibility index (Phi) is 4.39. The van der Waals surface area contributed by atoms with Crippen molar-refractivity contribution in [1.29, 1.82) is 0 Å². The third-order valence-electron chi connectivity index (χ3n) is 2.97. The fourth-order valence-corrected chi connectivity index (χ4v) is 2.16. The Balaban J connectivity index is 2.17. The van der Waals surface area contributed by atoms with Gasteiger partial charge in [-0.1, -0.05) is 49.7 Å². The molecule has 0 aliphatic heterocycles. The molecule has 0 fully saturated rings. The van der Waals surface area contributed by atoms with Crippen molar-refractivity contribution in [2.24, 2.45) is 5.92 Å². The minimum absolute atomic E-state index is 0.0350. The Morgan fingerprint density at radius 2 is 1.42 bits per heavy atom. The van der Waals surface area contributed by atoms with Crippen LogP contribution >= 0.6 is 11.6 Å². The molecule has 0 N–H and O–H groups in total. The topological polar surface area (TPSA) is 17.1 Å². The standard InChI is InChI=1S/C17H17ClO/c1-12(2)11-13-3-5-14(6-4-13)17(19)15-7-9-16(18)10-8-15/h3-10,12H,11H2,1-2H3. The van der Waals surface area contributed by atoms with E-state index in [2.05, 4.69) is 13.8 Å². The summed E-state index contributed by atoms with van der Waals surface area (Å²) in [4.78, 5) is 12.2. The van der Waals surface area contributed by atoms with E-state index in [1.165, 1.54) is 5.56 Å². The van der Waals surface area contributed by atoms with Gasteiger partial charge in [0.2, 0.25) is 0 Å². The summed E-state index contributed by atoms with van der Waals surface area (Å²) in [5.41, 5.74) is 2.65. The van der Waals surface area contributed by atoms with Gasteiger partial charge in [-0.2, -0.15) is 0 Å². The second-order valence-electron chi connectivity index (χ2n) is 5.13. The highest BCUT2D eigenvalue weighted by atomic mass is 35.5. The lowest BCUT2D eigenvalue weighted by Crippen LogP contribution is -2.01. The van der Waals surface area contributed by atoms with Crippen LogP contribution in [0.2, 0.25) is 5.02 Å². The molecule has 0 aromatic heterocycles. The van der Waals surface area contributed by atoms with E-state index in [1.54, 1.807) is 24.3 Å². The van der Waals surface area contributed by atoms with Gasteiger partial charge in [-0.05, 0) is 42.2 Å². The first-order valence-electron chi connectivity index (χ1n) is 6.45. The summed E-state index contributed by atoms with van der Waals surface area (Å²) >= 11 is 5.82. The lowest BCUT2D eigenvalue weighted by molar-refractivity contribution is 0.103. The maximum atomic E-state index is 12.2. The Labute approximate surface area is 119 Å². The van der Waals surface area contributed by atoms with Crippen LogP contribution in [-0.4, -0.2) is 5.78 Å². The molecule has 1 nitrogen and oxygen atoms in total. The minimum atomic E-state index is 0.0350. The van der Waals surface area contributed by atoms with Crippen molar-refractivity contribution in [1.82, 2.24) is 0 Å². The average Bonchev–Trinajstić information content (AvgIpc) is 2.39. The number of carbonyl (C=O) groups is 1. The number of ketones is 1. The van der Waals surface area contributed by atoms with Crippen LogP contribution in [0.4, 0.5) is 0 Å². The molecule has 0 saturated carbocycles. The lowest BCUT2D eigenvalue weighted by atomic mass is 9.98. The molecule has 0 atom stereocenters. The fraction of sp³-hybridized carbons (Fsp3) is 0.235. The molecule has 0 heterocycles. The normalized spacial score (nSPS) is 10.7. The van der Waals surface area contributed by atoms with Crippen LogP contribution in [-0.2, 0) is 6.42 Å². The van der Waals surface area contributed by atoms with Crippen molar-refractivity contribution in [3.63, 3.8) is 0 Å². The van der Waals surface area contributed by atoms with Gasteiger partial charge in [0, 0.05) is 16.1 Å². The van der Waals surface area contributed by atoms with E-state index >= 15 is 0 Å². The van der Waals surface area contributed by atoms with Gasteiger partial charge in [0.15, 0.2) is 5.78 Å². The van der Waals surface area contributed by atoms with E-state index in [0.29, 0.717) is 16.5 Å². The smallest absolute Gasteiger partial charge is 0.193 e. The molecule has 0 aliphatic rings. The highest BCUT2D eigenvalue weighted by Gasteiger charge is 2.08. The summed E-state index contributed by atoms with van der Waals surface area (Å²) in [6.07, 6.45) is 1.04. The number of halogens is 1. The summed E-state index contributed by atoms with van der Waals surface area (Å²) in [7, 11) is 0. The second-order valence-corrected chi connectivity index (χ2v) is 5.57. The molecule has 0 saturated heterocycles. The third kappa shape index (κ3) is 3.68. The molecule has 0 amide bonds. The first kappa shape index (κ1) is 13.8. The molecule has 0 unspecified atom stereocenters. The van der Waals surface area contributed by atoms with Crippen LogP contribution in [0.3, 0.4) is 0 Å². The highest BCUT2D eigenvalue weighted by molar-refractivity contribution is 6.30. The fourth-order valence-electron chi connectivity index (χ4n) is 2.03. The monoisotopic (exact) mass is 272 g/mol. The van der Waals surface area contributed by atoms with Gasteiger partial charge in [0.05, 0.1) is 0 Å². The Morgan fingerprint density at radius 1 is 0.947 bits per heavy atom. The van der Waals surface area contributed by atoms with E-state index in [-0.39, 0.29) is 5.78 Å². The molecule has 0 aliphatic carbocycles. The van der Waals surface area contributed by atoms with Crippen molar-refractivity contribution in [2.75, 3.05) is 0 Å². The second kappa shape index (κ2) is 6.03. The van der Waals surface area contributed by atoms with Gasteiger partial charge in [-0.3, -0.25) is 4.79 Å². The van der Waals surface area contributed by atoms with E-state index < -0.39 is 0 Å². The minimum Gasteiger partial charge on any atom is -0.289 e. The Hall–Kier alpha value is -1.60. The van der Waals surface area contributed by atoms with Gasteiger partial charge in [-0.25, -0.2) is 0 Å². The SMILES string of the molecule is CC(C)Cc1ccc(C(=O)c2ccc(Cl)cc2)cc1. The summed E-state index contributed by atoms with van der Waals surface area (Å²) in [6.45, 7) is 4.37. The molecule has 98 valence electrons. The van der Waals surface area contributed by atoms with E-state index in [0.717, 1.165) is 12.0 Å². The summed E-state index contributed by atoms with van der Waals surface area (Å²) < 4.78 is 0. The van der Waals surface area contributed by atoms with Gasteiger partial charge in [0.25, 0.3) is 0 Å². The Bertz CT molecular complexity index is 553. The zero-order chi connectivity index (χ0) is 13.8. The number of benzene rings is 2. The van der Waals surface area contributed by atoms with Crippen molar-refractivity contribution >= 4 is 17.4 Å². The van der Waals surface area contributed by atoms with Gasteiger partial charge < -0.3 is 0 Å². The zero-order valence-electron chi connectivity index (χ0n) is 11.2. The van der Waals surface area contributed by atoms with Crippen LogP contribution in [0.1, 0.15) is 35.3 Å². The molecular formula is C17H17ClO. The highest BCUT2D eigenvalue weighted by Crippen LogP contribution is 2.15. The molecule has 0 spiro atoms. The Morgan fingerprint density at radius 3 is 1.89 bits per heavy atom. The maximum absolute atomic E-state index is 12.2. The van der Waals surface area contributed by atoms with Gasteiger partial charge in [0.1, 0.15) is 0 Å². The number of hydrogen-bond donors (Lipinski definition) is 0. The van der Waals surface area contributed by atoms with Gasteiger partial charge >= 0.3 is 0 Å². The largest absolute Gasteiger partial charge is 0.289 e. The maximum Gasteiger partial charge on any atom is 0.193 e. The van der Waals surface area contributed by atoms with Gasteiger partial charge in [-0.15, -0.1) is 0 Å². The van der Waals surface area contributed by atoms with Crippen LogP contribution in [0.25, 0.3) is 0 Å². The molecule has 2 rings (SSSR count). The molecule has 19 heavy (non-hydrogen) atoms. The van der Waals surface area contributed by atoms with Crippen LogP contribution in [0, 0.1) is 5.92 Å². The number of carbonyl (C=O) groups excluding carboxylic acids is 1. The molecule has 0 radical (unpaired) electrons. The van der Waals surface area contributed by atoms with E-state index in [9.17, 15) is 4.79 Å². The van der Waals surface area contributed by atoms with Crippen LogP contribution in [0.5, 0.6) is 0 Å². The van der Waals surface area contributed by atoms with E-state index in [4.69, 9.17) is 11.6 Å². The number of hydrogen-bond acceptors (Lipinski definition) is 1. The molecule has 2 aromatic carbocycles. The quantitative estimate of drug-likeness (QED) is 0.733. The average molecular weight is 273 g/mol. The predicted octanol–water partition coefficient (Wildman–Crippen LogP) is 4.77. The third-order valence-corrected chi connectivity index (χ3v) is 3.22. The molecule has 2 heteroatoms. The zero-order valence-corrected chi connectivity index (χ0v) is 11.9. The number of rotatable bonds is 4. The summed E-state index contributed by atoms with van der Waals surface area (Å²) in [5, 5.41) is 0.642. The summed E-state index contributed by atoms with van der Waals surface area (Å²) in [6, 6.07) is 14.8.